The van der Waals surface area contributed by atoms with Gasteiger partial charge < -0.3 is 5.73 Å². The molecule has 0 fully saturated rings. The van der Waals surface area contributed by atoms with Crippen LogP contribution in [0, 0.1) is 11.2 Å². The average Bonchev–Trinajstić information content (AvgIpc) is 2.16. The summed E-state index contributed by atoms with van der Waals surface area (Å²) in [5.41, 5.74) is 6.97. The normalized spacial score (nSPS) is 14.1. The van der Waals surface area contributed by atoms with E-state index in [9.17, 15) is 4.39 Å². The first-order valence-electron chi connectivity index (χ1n) is 4.98. The van der Waals surface area contributed by atoms with Crippen molar-refractivity contribution in [3.05, 3.63) is 35.6 Å². The van der Waals surface area contributed by atoms with Gasteiger partial charge in [0.25, 0.3) is 0 Å². The van der Waals surface area contributed by atoms with Gasteiger partial charge in [0.2, 0.25) is 0 Å². The molecule has 0 aromatic heterocycles. The molecule has 0 aliphatic heterocycles. The lowest BCUT2D eigenvalue weighted by Crippen LogP contribution is -2.28. The van der Waals surface area contributed by atoms with Crippen LogP contribution in [-0.2, 0) is 0 Å². The summed E-state index contributed by atoms with van der Waals surface area (Å²) in [6, 6.07) is 6.43. The van der Waals surface area contributed by atoms with Gasteiger partial charge in [0, 0.05) is 6.04 Å². The summed E-state index contributed by atoms with van der Waals surface area (Å²) in [6.07, 6.45) is 0.977. The van der Waals surface area contributed by atoms with Crippen molar-refractivity contribution in [2.24, 2.45) is 11.1 Å². The predicted molar refractivity (Wildman–Crippen MR) is 57.4 cm³/mol. The highest BCUT2D eigenvalue weighted by atomic mass is 19.1. The first-order valence-corrected chi connectivity index (χ1v) is 4.98. The first-order chi connectivity index (χ1) is 6.47. The minimum absolute atomic E-state index is 0.00773. The van der Waals surface area contributed by atoms with Gasteiger partial charge in [-0.05, 0) is 29.5 Å². The minimum Gasteiger partial charge on any atom is -0.324 e. The molecule has 0 aliphatic carbocycles. The summed E-state index contributed by atoms with van der Waals surface area (Å²) < 4.78 is 13.0. The lowest BCUT2D eigenvalue weighted by Gasteiger charge is -2.30. The number of nitrogens with two attached hydrogens (primary N) is 1. The van der Waals surface area contributed by atoms with Gasteiger partial charge in [-0.1, -0.05) is 32.9 Å². The van der Waals surface area contributed by atoms with E-state index in [4.69, 9.17) is 5.73 Å². The second kappa shape index (κ2) is 4.09. The van der Waals surface area contributed by atoms with Crippen molar-refractivity contribution < 1.29 is 4.39 Å². The maximum Gasteiger partial charge on any atom is 0.123 e. The number of hydrogen-bond acceptors (Lipinski definition) is 1. The quantitative estimate of drug-likeness (QED) is 0.787. The van der Waals surface area contributed by atoms with Crippen LogP contribution in [0.25, 0.3) is 0 Å². The molecule has 1 atom stereocenters. The molecular weight excluding hydrogens is 177 g/mol. The van der Waals surface area contributed by atoms with Gasteiger partial charge in [-0.3, -0.25) is 0 Å². The third-order valence-corrected chi connectivity index (χ3v) is 2.96. The Kier molecular flexibility index (Phi) is 3.27. The Balaban J connectivity index is 2.94. The Bertz CT molecular complexity index is 307. The van der Waals surface area contributed by atoms with Crippen LogP contribution in [0.3, 0.4) is 0 Å². The maximum atomic E-state index is 13.0. The van der Waals surface area contributed by atoms with E-state index < -0.39 is 0 Å². The van der Waals surface area contributed by atoms with Crippen LogP contribution in [-0.4, -0.2) is 0 Å². The third kappa shape index (κ3) is 2.32. The van der Waals surface area contributed by atoms with Crippen LogP contribution in [0.2, 0.25) is 0 Å². The van der Waals surface area contributed by atoms with Gasteiger partial charge in [0.1, 0.15) is 5.82 Å². The second-order valence-electron chi connectivity index (χ2n) is 4.37. The van der Waals surface area contributed by atoms with Crippen LogP contribution in [0.4, 0.5) is 4.39 Å². The van der Waals surface area contributed by atoms with Crippen LogP contribution < -0.4 is 5.73 Å². The fraction of sp³-hybridized carbons (Fsp3) is 0.500. The van der Waals surface area contributed by atoms with Crippen LogP contribution in [0.5, 0.6) is 0 Å². The zero-order valence-corrected chi connectivity index (χ0v) is 9.05. The molecule has 0 bridgehead atoms. The fourth-order valence-electron chi connectivity index (χ4n) is 1.37. The standard InChI is InChI=1S/C12H18FN/c1-4-12(2,3)11(14)9-6-5-7-10(13)8-9/h5-8,11H,4,14H2,1-3H3. The highest BCUT2D eigenvalue weighted by molar-refractivity contribution is 5.21. The predicted octanol–water partition coefficient (Wildman–Crippen LogP) is 3.26. The van der Waals surface area contributed by atoms with E-state index in [-0.39, 0.29) is 17.3 Å². The zero-order chi connectivity index (χ0) is 10.8. The van der Waals surface area contributed by atoms with Crippen molar-refractivity contribution in [1.82, 2.24) is 0 Å². The van der Waals surface area contributed by atoms with E-state index in [1.165, 1.54) is 12.1 Å². The van der Waals surface area contributed by atoms with E-state index in [0.717, 1.165) is 12.0 Å². The molecule has 0 amide bonds. The van der Waals surface area contributed by atoms with Crippen molar-refractivity contribution in [1.29, 1.82) is 0 Å². The first kappa shape index (κ1) is 11.2. The fourth-order valence-corrected chi connectivity index (χ4v) is 1.37. The average molecular weight is 195 g/mol. The molecule has 2 heteroatoms. The monoisotopic (exact) mass is 195 g/mol. The SMILES string of the molecule is CCC(C)(C)C(N)c1cccc(F)c1. The van der Waals surface area contributed by atoms with Crippen molar-refractivity contribution in [3.63, 3.8) is 0 Å². The summed E-state index contributed by atoms with van der Waals surface area (Å²) in [5.74, 6) is -0.218. The topological polar surface area (TPSA) is 26.0 Å². The van der Waals surface area contributed by atoms with E-state index in [1.54, 1.807) is 6.07 Å². The van der Waals surface area contributed by atoms with Gasteiger partial charge >= 0.3 is 0 Å². The Morgan fingerprint density at radius 3 is 2.57 bits per heavy atom. The molecule has 0 heterocycles. The molecule has 1 unspecified atom stereocenters. The molecule has 0 radical (unpaired) electrons. The Morgan fingerprint density at radius 2 is 2.07 bits per heavy atom. The molecule has 1 rings (SSSR count). The molecule has 1 nitrogen and oxygen atoms in total. The van der Waals surface area contributed by atoms with E-state index >= 15 is 0 Å². The van der Waals surface area contributed by atoms with Gasteiger partial charge in [-0.2, -0.15) is 0 Å². The van der Waals surface area contributed by atoms with E-state index in [1.807, 2.05) is 6.07 Å². The van der Waals surface area contributed by atoms with Crippen LogP contribution in [0.1, 0.15) is 38.8 Å². The molecule has 0 saturated carbocycles. The maximum absolute atomic E-state index is 13.0. The molecule has 0 aliphatic rings. The van der Waals surface area contributed by atoms with Crippen LogP contribution in [0.15, 0.2) is 24.3 Å². The largest absolute Gasteiger partial charge is 0.324 e. The van der Waals surface area contributed by atoms with Gasteiger partial charge in [0.15, 0.2) is 0 Å². The summed E-state index contributed by atoms with van der Waals surface area (Å²) >= 11 is 0. The highest BCUT2D eigenvalue weighted by Gasteiger charge is 2.25. The molecule has 0 spiro atoms. The summed E-state index contributed by atoms with van der Waals surface area (Å²) in [6.45, 7) is 6.30. The molecule has 1 aromatic rings. The highest BCUT2D eigenvalue weighted by Crippen LogP contribution is 2.34. The van der Waals surface area contributed by atoms with E-state index in [0.29, 0.717) is 0 Å². The number of rotatable bonds is 3. The Morgan fingerprint density at radius 1 is 1.43 bits per heavy atom. The van der Waals surface area contributed by atoms with Crippen LogP contribution >= 0.6 is 0 Å². The van der Waals surface area contributed by atoms with Gasteiger partial charge in [-0.15, -0.1) is 0 Å². The summed E-state index contributed by atoms with van der Waals surface area (Å²) in [5, 5.41) is 0. The molecular formula is C12H18FN. The van der Waals surface area contributed by atoms with Gasteiger partial charge in [-0.25, -0.2) is 4.39 Å². The van der Waals surface area contributed by atoms with Crippen molar-refractivity contribution in [3.8, 4) is 0 Å². The zero-order valence-electron chi connectivity index (χ0n) is 9.05. The smallest absolute Gasteiger partial charge is 0.123 e. The number of hydrogen-bond donors (Lipinski definition) is 1. The van der Waals surface area contributed by atoms with Crippen molar-refractivity contribution in [2.45, 2.75) is 33.2 Å². The Labute approximate surface area is 85.1 Å². The van der Waals surface area contributed by atoms with E-state index in [2.05, 4.69) is 20.8 Å². The molecule has 1 aromatic carbocycles. The molecule has 78 valence electrons. The molecule has 0 saturated heterocycles. The van der Waals surface area contributed by atoms with Crippen molar-refractivity contribution >= 4 is 0 Å². The van der Waals surface area contributed by atoms with Gasteiger partial charge in [0.05, 0.1) is 0 Å². The Hall–Kier alpha value is -0.890. The summed E-state index contributed by atoms with van der Waals surface area (Å²) in [4.78, 5) is 0. The van der Waals surface area contributed by atoms with Crippen molar-refractivity contribution in [2.75, 3.05) is 0 Å². The number of benzene rings is 1. The lowest BCUT2D eigenvalue weighted by atomic mass is 9.79. The summed E-state index contributed by atoms with van der Waals surface area (Å²) in [7, 11) is 0. The second-order valence-corrected chi connectivity index (χ2v) is 4.37. The lowest BCUT2D eigenvalue weighted by molar-refractivity contribution is 0.278. The molecule has 2 N–H and O–H groups in total. The third-order valence-electron chi connectivity index (χ3n) is 2.96. The number of halogens is 1. The minimum atomic E-state index is -0.218. The molecule has 14 heavy (non-hydrogen) atoms.